The third kappa shape index (κ3) is 65.5. The number of carbonyl (C=O) groups excluding carboxylic acids is 8. The van der Waals surface area contributed by atoms with Gasteiger partial charge in [0.2, 0.25) is 29.5 Å². The maximum Gasteiger partial charge on any atom is 0.522 e. The first kappa shape index (κ1) is 139. The van der Waals surface area contributed by atoms with Crippen molar-refractivity contribution in [2.24, 2.45) is 39.4 Å². The molecule has 10 amide bonds. The molecule has 117 heavy (non-hydrogen) atoms. The summed E-state index contributed by atoms with van der Waals surface area (Å²) in [4.78, 5) is 107. The van der Waals surface area contributed by atoms with Gasteiger partial charge in [-0.15, -0.1) is 13.2 Å². The van der Waals surface area contributed by atoms with Crippen molar-refractivity contribution in [2.45, 2.75) is 376 Å². The number of hydrogen-bond acceptors (Lipinski definition) is 12. The van der Waals surface area contributed by atoms with Crippen molar-refractivity contribution >= 4 is 53.3 Å². The molecule has 0 atom stereocenters. The fourth-order valence-electron chi connectivity index (χ4n) is 9.52. The standard InChI is InChI=1S/C13H16FNO.C13H24N2O2.C12H16FN3O.C12H23N3O2.C12H22N2O2.C6H14.C4H8O.C4H8.C2H3F3O.CH4O.11CH4/c1-2-9-15(12-7-8-12)13(16)10-3-5-11(14)6-4-10;1-4-9-15(10-5-6-10)11(16)7-8-13(2,3)12(14)17;1-2-7-16(10-4-5-10)12(17)15-11-6-3-9(13)8-14-11;1-4-7-15(9-5-6-9)11(17)14-8-12(2,3)10(13)16;1-4-7-14(9-5-6-9)10(15)8-12(2,3)11(13)16;1-4-5-6(2)3;1-5-4-2-3-4;1-3-4-2;1-6-2(3,4)5;1-2;;;;;;;;;;;/h3-6,12H,2,7-9H2,1H3;10H,4-9H2,1-3H3,(H2,14,17);3,6,8,10H,2,4-5,7H2,1H3,(H,14,15,17);9H,4-8H2,1-3H3,(H2,13,16)(H,14,17);9H,4-8H2,1-3H3,(H2,13,16);6H,4-5H2,1-3H3;4H,2-3H2,1H3;3-4H,1-2H3;1H3;2H,1H3;11*1H4/b;;;;;;;4-3+;;;;;;;;;;;;;. The number of hydrogen-bond donors (Lipinski definition) is 6. The van der Waals surface area contributed by atoms with Crippen LogP contribution in [0.1, 0.15) is 344 Å². The molecule has 0 spiro atoms. The van der Waals surface area contributed by atoms with Gasteiger partial charge in [-0.2, -0.15) is 0 Å². The van der Waals surface area contributed by atoms with Crippen LogP contribution in [0.5, 0.6) is 0 Å². The second-order valence-electron chi connectivity index (χ2n) is 29.5. The van der Waals surface area contributed by atoms with Crippen LogP contribution in [-0.2, 0) is 33.4 Å². The number of pyridine rings is 1. The van der Waals surface area contributed by atoms with Gasteiger partial charge in [0.05, 0.1) is 23.1 Å². The SMILES string of the molecule is C.C.C.C.C.C.C.C.C.C.C.C/C=C/C.CCCC(C)C.CCCN(C(=O)CC(C)(C)C(N)=O)C1CC1.CCCN(C(=O)CCC(C)(C)C(N)=O)C1CC1.CCCN(C(=O)NCC(C)(C)C(N)=O)C1CC1.CCCN(C(=O)Nc1ccc(F)cn1)C1CC1.CCCN(C(=O)c1ccc(F)cc1)C1CC1.CO.COC(F)(F)F.COC1CC1. The number of carbonyl (C=O) groups is 8. The Morgan fingerprint density at radius 3 is 1.11 bits per heavy atom. The molecule has 22 nitrogen and oxygen atoms in total. The maximum absolute atomic E-state index is 12.7. The molecule has 9 N–H and O–H groups in total. The first-order valence-corrected chi connectivity index (χ1v) is 38.2. The van der Waals surface area contributed by atoms with Gasteiger partial charge < -0.3 is 56.9 Å². The van der Waals surface area contributed by atoms with Crippen molar-refractivity contribution in [1.82, 2.24) is 34.8 Å². The second-order valence-corrected chi connectivity index (χ2v) is 29.5. The van der Waals surface area contributed by atoms with E-state index in [1.807, 2.05) is 57.4 Å². The van der Waals surface area contributed by atoms with Gasteiger partial charge in [0.15, 0.2) is 0 Å². The predicted molar refractivity (Wildman–Crippen MR) is 486 cm³/mol. The van der Waals surface area contributed by atoms with Crippen LogP contribution >= 0.6 is 0 Å². The van der Waals surface area contributed by atoms with E-state index < -0.39 is 40.2 Å². The Morgan fingerprint density at radius 2 is 0.829 bits per heavy atom. The lowest BCUT2D eigenvalue weighted by Crippen LogP contribution is -2.48. The zero-order valence-corrected chi connectivity index (χ0v) is 67.9. The number of urea groups is 2. The molecule has 6 saturated carbocycles. The van der Waals surface area contributed by atoms with Crippen molar-refractivity contribution in [2.75, 3.05) is 65.9 Å². The smallest absolute Gasteiger partial charge is 0.400 e. The number of benzene rings is 1. The minimum Gasteiger partial charge on any atom is -0.400 e. The molecule has 27 heteroatoms. The summed E-state index contributed by atoms with van der Waals surface area (Å²) in [5.41, 5.74) is 14.4. The van der Waals surface area contributed by atoms with Gasteiger partial charge in [-0.3, -0.25) is 38.8 Å². The average molecular weight is 1690 g/mol. The number of aromatic nitrogens is 1. The van der Waals surface area contributed by atoms with E-state index in [4.69, 9.17) is 27.0 Å². The fourth-order valence-corrected chi connectivity index (χ4v) is 9.52. The molecule has 0 radical (unpaired) electrons. The van der Waals surface area contributed by atoms with Crippen LogP contribution < -0.4 is 27.8 Å². The number of nitrogens with one attached hydrogen (secondary N) is 2. The zero-order valence-electron chi connectivity index (χ0n) is 67.9. The summed E-state index contributed by atoms with van der Waals surface area (Å²) >= 11 is 0. The molecule has 6 aliphatic rings. The fraction of sp³-hybridized carbons (Fsp3) is 0.767. The molecule has 1 aromatic heterocycles. The summed E-state index contributed by atoms with van der Waals surface area (Å²) in [6.07, 6.45) is 23.5. The Morgan fingerprint density at radius 1 is 0.496 bits per heavy atom. The van der Waals surface area contributed by atoms with E-state index >= 15 is 0 Å². The van der Waals surface area contributed by atoms with Crippen LogP contribution in [0.3, 0.4) is 0 Å². The van der Waals surface area contributed by atoms with E-state index in [9.17, 15) is 60.3 Å². The lowest BCUT2D eigenvalue weighted by molar-refractivity contribution is -0.311. The van der Waals surface area contributed by atoms with E-state index in [1.54, 1.807) is 60.8 Å². The van der Waals surface area contributed by atoms with Crippen molar-refractivity contribution in [3.63, 3.8) is 0 Å². The van der Waals surface area contributed by atoms with Gasteiger partial charge in [0.1, 0.15) is 17.5 Å². The van der Waals surface area contributed by atoms with Crippen LogP contribution in [0.2, 0.25) is 0 Å². The zero-order chi connectivity index (χ0) is 81.6. The van der Waals surface area contributed by atoms with Crippen LogP contribution in [0.25, 0.3) is 0 Å². The molecule has 6 fully saturated rings. The highest BCUT2D eigenvalue weighted by molar-refractivity contribution is 5.94. The van der Waals surface area contributed by atoms with Crippen molar-refractivity contribution < 1.29 is 74.9 Å². The van der Waals surface area contributed by atoms with Crippen LogP contribution in [0.15, 0.2) is 54.7 Å². The van der Waals surface area contributed by atoms with Gasteiger partial charge in [0.25, 0.3) is 5.91 Å². The van der Waals surface area contributed by atoms with Crippen LogP contribution in [0.4, 0.5) is 37.4 Å². The molecular formula is C90H182F5N11O11. The number of nitrogens with zero attached hydrogens (tertiary/aromatic N) is 6. The Hall–Kier alpha value is -7.00. The second kappa shape index (κ2) is 74.1. The van der Waals surface area contributed by atoms with Gasteiger partial charge in [0, 0.05) is 115 Å². The van der Waals surface area contributed by atoms with Gasteiger partial charge in [-0.25, -0.2) is 23.4 Å². The molecular weight excluding hydrogens is 1510 g/mol. The third-order valence-electron chi connectivity index (χ3n) is 17.3. The monoisotopic (exact) mass is 1690 g/mol. The van der Waals surface area contributed by atoms with E-state index in [1.165, 1.54) is 49.9 Å². The van der Waals surface area contributed by atoms with Crippen molar-refractivity contribution in [3.05, 3.63) is 71.9 Å². The Kier molecular flexibility index (Phi) is 88.0. The molecule has 1 heterocycles. The minimum atomic E-state index is -4.46. The Balaban J connectivity index is -0.0000000961. The van der Waals surface area contributed by atoms with E-state index in [0.717, 1.165) is 148 Å². The number of aliphatic hydroxyl groups excluding tert-OH is 1. The maximum atomic E-state index is 12.7. The number of ether oxygens (including phenoxy) is 2. The van der Waals surface area contributed by atoms with Crippen LogP contribution in [0, 0.1) is 33.8 Å². The number of aliphatic hydroxyl groups is 1. The Bertz CT molecular complexity index is 2770. The van der Waals surface area contributed by atoms with Gasteiger partial charge in [-0.1, -0.05) is 190 Å². The highest BCUT2D eigenvalue weighted by atomic mass is 19.4. The summed E-state index contributed by atoms with van der Waals surface area (Å²) in [6, 6.07) is 10.4. The largest absolute Gasteiger partial charge is 0.522 e. The number of rotatable bonds is 30. The molecule has 698 valence electrons. The molecule has 0 unspecified atom stereocenters. The number of alkyl halides is 3. The first-order valence-electron chi connectivity index (χ1n) is 38.2. The lowest BCUT2D eigenvalue weighted by Gasteiger charge is -2.26. The quantitative estimate of drug-likeness (QED) is 0.0314. The normalized spacial score (nSPS) is 13.4. The van der Waals surface area contributed by atoms with E-state index in [2.05, 4.69) is 68.8 Å². The molecule has 2 aromatic rings. The number of halogens is 5. The molecule has 8 rings (SSSR count). The molecule has 1 aromatic carbocycles. The molecule has 6 aliphatic carbocycles. The highest BCUT2D eigenvalue weighted by Crippen LogP contribution is 2.33. The average Bonchev–Trinajstić information content (AvgIpc) is 1.81. The number of anilines is 1. The Labute approximate surface area is 713 Å². The topological polar surface area (TPSA) is 306 Å². The number of amides is 10. The molecule has 0 bridgehead atoms. The molecule has 0 aliphatic heterocycles. The van der Waals surface area contributed by atoms with Gasteiger partial charge >= 0.3 is 18.4 Å². The first-order chi connectivity index (χ1) is 49.7. The number of methoxy groups -OCH3 is 2. The minimum absolute atomic E-state index is 0. The summed E-state index contributed by atoms with van der Waals surface area (Å²) in [6.45, 7) is 35.8. The highest BCUT2D eigenvalue weighted by Gasteiger charge is 2.39. The number of nitrogens with two attached hydrogens (primary N) is 3. The van der Waals surface area contributed by atoms with Crippen molar-refractivity contribution in [1.29, 1.82) is 0 Å². The van der Waals surface area contributed by atoms with E-state index in [-0.39, 0.29) is 136 Å². The van der Waals surface area contributed by atoms with Crippen molar-refractivity contribution in [3.8, 4) is 0 Å². The summed E-state index contributed by atoms with van der Waals surface area (Å²) < 4.78 is 64.9. The van der Waals surface area contributed by atoms with E-state index in [0.29, 0.717) is 67.6 Å². The summed E-state index contributed by atoms with van der Waals surface area (Å²) in [7, 11) is 3.34. The van der Waals surface area contributed by atoms with Crippen LogP contribution in [-0.4, -0.2) is 185 Å². The predicted octanol–water partition coefficient (Wildman–Crippen LogP) is 22.1. The number of allylic oxidation sites excluding steroid dienone is 2. The number of primary amides is 3. The molecule has 0 saturated heterocycles. The van der Waals surface area contributed by atoms with Gasteiger partial charge in [-0.05, 0) is 186 Å². The summed E-state index contributed by atoms with van der Waals surface area (Å²) in [5, 5.41) is 12.5. The lowest BCUT2D eigenvalue weighted by atomic mass is 9.87. The third-order valence-corrected chi connectivity index (χ3v) is 17.3. The summed E-state index contributed by atoms with van der Waals surface area (Å²) in [5.74, 6) is -0.298.